The first kappa shape index (κ1) is 51.9. The number of aromatic nitrogens is 3. The van der Waals surface area contributed by atoms with E-state index in [4.69, 9.17) is 38.1 Å². The number of anilines is 2. The van der Waals surface area contributed by atoms with Gasteiger partial charge in [0.1, 0.15) is 53.1 Å². The second-order valence-electron chi connectivity index (χ2n) is 19.3. The maximum atomic E-state index is 13.9. The average molecular weight is 993 g/mol. The molecule has 1 saturated heterocycles. The van der Waals surface area contributed by atoms with Crippen molar-refractivity contribution in [2.75, 3.05) is 63.0 Å². The van der Waals surface area contributed by atoms with Gasteiger partial charge in [-0.2, -0.15) is 5.26 Å². The Kier molecular flexibility index (Phi) is 17.3. The first-order valence-electron chi connectivity index (χ1n) is 25.0. The van der Waals surface area contributed by atoms with E-state index in [9.17, 15) is 19.6 Å². The largest absolute Gasteiger partial charge is 0.491 e. The number of pyridine rings is 1. The second-order valence-corrected chi connectivity index (χ2v) is 19.3. The minimum atomic E-state index is -0.596. The third-order valence-electron chi connectivity index (χ3n) is 12.8. The minimum absolute atomic E-state index is 0.0568. The highest BCUT2D eigenvalue weighted by atomic mass is 16.6. The number of nitriles is 1. The number of amides is 3. The van der Waals surface area contributed by atoms with Crippen LogP contribution in [0.2, 0.25) is 0 Å². The summed E-state index contributed by atoms with van der Waals surface area (Å²) in [6.07, 6.45) is 7.66. The van der Waals surface area contributed by atoms with Gasteiger partial charge in [0, 0.05) is 53.2 Å². The van der Waals surface area contributed by atoms with E-state index in [0.717, 1.165) is 48.6 Å². The number of carbonyl (C=O) groups is 3. The minimum Gasteiger partial charge on any atom is -0.491 e. The number of benzene rings is 3. The zero-order valence-corrected chi connectivity index (χ0v) is 42.1. The quantitative estimate of drug-likeness (QED) is 0.0574. The highest BCUT2D eigenvalue weighted by Gasteiger charge is 2.46. The molecule has 17 nitrogen and oxygen atoms in total. The number of fused-ring (bicyclic) bond motifs is 2. The van der Waals surface area contributed by atoms with Gasteiger partial charge in [-0.25, -0.2) is 14.8 Å². The Labute approximate surface area is 425 Å². The van der Waals surface area contributed by atoms with E-state index in [1.54, 1.807) is 36.5 Å². The van der Waals surface area contributed by atoms with Gasteiger partial charge in [-0.05, 0) is 126 Å². The molecule has 0 spiro atoms. The van der Waals surface area contributed by atoms with Crippen LogP contribution in [0.5, 0.6) is 5.75 Å². The van der Waals surface area contributed by atoms with E-state index in [1.165, 1.54) is 6.20 Å². The molecule has 382 valence electrons. The molecule has 1 saturated carbocycles. The summed E-state index contributed by atoms with van der Waals surface area (Å²) in [5.41, 5.74) is 4.87. The molecule has 3 aromatic carbocycles. The topological polar surface area (TPSA) is 212 Å². The van der Waals surface area contributed by atoms with E-state index >= 15 is 0 Å². The lowest BCUT2D eigenvalue weighted by atomic mass is 9.84. The number of aryl methyl sites for hydroxylation is 1. The van der Waals surface area contributed by atoms with Crippen LogP contribution >= 0.6 is 0 Å². The van der Waals surface area contributed by atoms with Crippen molar-refractivity contribution in [1.29, 1.82) is 5.26 Å². The van der Waals surface area contributed by atoms with Gasteiger partial charge in [0.25, 0.3) is 5.91 Å². The van der Waals surface area contributed by atoms with Crippen molar-refractivity contribution in [2.45, 2.75) is 90.4 Å². The molecule has 17 heteroatoms. The Bertz CT molecular complexity index is 2880. The lowest BCUT2D eigenvalue weighted by Crippen LogP contribution is -2.48. The lowest BCUT2D eigenvalue weighted by molar-refractivity contribution is -0.122. The molecular weight excluding hydrogens is 929 g/mol. The molecule has 3 N–H and O–H groups in total. The fourth-order valence-electron chi connectivity index (χ4n) is 9.35. The molecule has 0 radical (unpaired) electrons. The summed E-state index contributed by atoms with van der Waals surface area (Å²) in [5.74, 6) is 2.62. The van der Waals surface area contributed by atoms with E-state index in [0.29, 0.717) is 116 Å². The molecule has 6 aromatic rings. The van der Waals surface area contributed by atoms with Crippen LogP contribution in [0.25, 0.3) is 33.4 Å². The molecule has 4 heterocycles. The lowest BCUT2D eigenvalue weighted by Gasteiger charge is -2.35. The molecule has 0 bridgehead atoms. The summed E-state index contributed by atoms with van der Waals surface area (Å²) >= 11 is 0. The van der Waals surface area contributed by atoms with Crippen LogP contribution in [0.4, 0.5) is 16.3 Å². The normalized spacial score (nSPS) is 16.8. The molecule has 1 aliphatic carbocycles. The molecule has 3 aromatic heterocycles. The van der Waals surface area contributed by atoms with Crippen molar-refractivity contribution < 1.29 is 42.5 Å². The van der Waals surface area contributed by atoms with Crippen LogP contribution in [0.3, 0.4) is 0 Å². The Morgan fingerprint density at radius 2 is 1.55 bits per heavy atom. The second kappa shape index (κ2) is 24.4. The molecule has 2 aliphatic rings. The van der Waals surface area contributed by atoms with E-state index in [1.807, 2.05) is 89.2 Å². The van der Waals surface area contributed by atoms with Crippen molar-refractivity contribution in [2.24, 2.45) is 5.92 Å². The molecule has 2 fully saturated rings. The van der Waals surface area contributed by atoms with Crippen LogP contribution in [0.15, 0.2) is 102 Å². The van der Waals surface area contributed by atoms with Crippen molar-refractivity contribution in [1.82, 2.24) is 25.6 Å². The number of nitrogens with zero attached hydrogens (tertiary/aromatic N) is 5. The molecule has 8 rings (SSSR count). The van der Waals surface area contributed by atoms with Gasteiger partial charge < -0.3 is 43.6 Å². The third-order valence-corrected chi connectivity index (χ3v) is 12.8. The van der Waals surface area contributed by atoms with Gasteiger partial charge in [0.15, 0.2) is 0 Å². The van der Waals surface area contributed by atoms with Crippen LogP contribution in [-0.4, -0.2) is 103 Å². The number of carbonyl (C=O) groups excluding carboxylic acids is 3. The summed E-state index contributed by atoms with van der Waals surface area (Å²) in [7, 11) is 0. The number of hydrogen-bond acceptors (Lipinski definition) is 14. The maximum Gasteiger partial charge on any atom is 0.412 e. The zero-order valence-electron chi connectivity index (χ0n) is 42.1. The van der Waals surface area contributed by atoms with Gasteiger partial charge in [-0.15, -0.1) is 0 Å². The summed E-state index contributed by atoms with van der Waals surface area (Å²) in [6, 6.07) is 27.4. The molecule has 4 atom stereocenters. The van der Waals surface area contributed by atoms with E-state index in [-0.39, 0.29) is 17.9 Å². The number of rotatable bonds is 21. The average Bonchev–Trinajstić information content (AvgIpc) is 3.99. The first-order valence-corrected chi connectivity index (χ1v) is 25.0. The van der Waals surface area contributed by atoms with Gasteiger partial charge in [-0.1, -0.05) is 37.1 Å². The van der Waals surface area contributed by atoms with E-state index in [2.05, 4.69) is 31.9 Å². The van der Waals surface area contributed by atoms with Gasteiger partial charge in [-0.3, -0.25) is 19.9 Å². The Hall–Kier alpha value is -7.39. The molecule has 0 unspecified atom stereocenters. The predicted molar refractivity (Wildman–Crippen MR) is 276 cm³/mol. The number of nitrogens with one attached hydrogen (secondary N) is 3. The predicted octanol–water partition coefficient (Wildman–Crippen LogP) is 9.35. The van der Waals surface area contributed by atoms with Gasteiger partial charge >= 0.3 is 6.09 Å². The molecule has 1 aliphatic heterocycles. The maximum absolute atomic E-state index is 13.9. The smallest absolute Gasteiger partial charge is 0.412 e. The van der Waals surface area contributed by atoms with Crippen molar-refractivity contribution in [3.05, 3.63) is 120 Å². The van der Waals surface area contributed by atoms with E-state index < -0.39 is 23.8 Å². The fourth-order valence-corrected chi connectivity index (χ4v) is 9.35. The SMILES string of the molecule is Cc1nc([C@H](C)NC(=O)c2ccc(-c3ccc(NC(=O)OC(C)(C)C)cc3)cc2)cc(N2[C@H](C(=O)NCCOCCOCCOCCOc3ccc4oc(-c5ccncc5C#N)cc4c3)C[C@@H]3CCCC[C@@H]32)n1. The molecular formula is C56H64N8O9. The highest BCUT2D eigenvalue weighted by molar-refractivity contribution is 5.95. The monoisotopic (exact) mass is 992 g/mol. The number of furan rings is 1. The summed E-state index contributed by atoms with van der Waals surface area (Å²) in [5, 5.41) is 19.3. The molecule has 3 amide bonds. The highest BCUT2D eigenvalue weighted by Crippen LogP contribution is 2.42. The Morgan fingerprint density at radius 3 is 2.27 bits per heavy atom. The van der Waals surface area contributed by atoms with Crippen molar-refractivity contribution in [3.8, 4) is 34.3 Å². The number of hydrogen-bond donors (Lipinski definition) is 3. The van der Waals surface area contributed by atoms with Crippen LogP contribution in [0.1, 0.15) is 93.3 Å². The third kappa shape index (κ3) is 14.0. The van der Waals surface area contributed by atoms with Crippen molar-refractivity contribution >= 4 is 40.4 Å². The zero-order chi connectivity index (χ0) is 51.3. The van der Waals surface area contributed by atoms with Crippen LogP contribution in [0, 0.1) is 24.2 Å². The van der Waals surface area contributed by atoms with Gasteiger partial charge in [0.05, 0.1) is 56.9 Å². The van der Waals surface area contributed by atoms with Crippen LogP contribution < -0.4 is 25.6 Å². The fraction of sp³-hybridized carbons (Fsp3) is 0.411. The Balaban J connectivity index is 0.743. The first-order chi connectivity index (χ1) is 35.3. The standard InChI is InChI=1S/C56H64N8O9/c1-36(60-53(65)40-12-10-38(11-13-40)39-14-16-44(17-15-39)63-55(67)73-56(3,4)5)47-33-52(62-37(2)61-47)64-48-9-7-6-8-41(48)31-49(64)54(66)59-22-23-68-24-25-69-26-27-70-28-29-71-45-18-19-50-42(30-45)32-51(72-50)46-20-21-58-35-43(46)34-57/h10-21,30,32-33,35-36,41,48-49H,6-9,22-29,31H2,1-5H3,(H,59,66)(H,60,65)(H,63,67)/t36-,41-,48-,49-/m0/s1. The summed E-state index contributed by atoms with van der Waals surface area (Å²) < 4.78 is 34.3. The summed E-state index contributed by atoms with van der Waals surface area (Å²) in [6.45, 7) is 12.2. The van der Waals surface area contributed by atoms with Crippen molar-refractivity contribution in [3.63, 3.8) is 0 Å². The van der Waals surface area contributed by atoms with Crippen LogP contribution in [-0.2, 0) is 23.7 Å². The Morgan fingerprint density at radius 1 is 0.849 bits per heavy atom. The molecule has 73 heavy (non-hydrogen) atoms. The van der Waals surface area contributed by atoms with Gasteiger partial charge in [0.2, 0.25) is 5.91 Å². The summed E-state index contributed by atoms with van der Waals surface area (Å²) in [4.78, 5) is 55.4. The number of ether oxygens (including phenoxy) is 5.